The van der Waals surface area contributed by atoms with Crippen molar-refractivity contribution in [2.45, 2.75) is 6.92 Å². The number of rotatable bonds is 2. The normalized spacial score (nSPS) is 10.1. The molecule has 0 saturated heterocycles. The summed E-state index contributed by atoms with van der Waals surface area (Å²) in [5.74, 6) is 0.762. The van der Waals surface area contributed by atoms with Crippen molar-refractivity contribution in [3.63, 3.8) is 0 Å². The number of aromatic nitrogens is 2. The Labute approximate surface area is 128 Å². The van der Waals surface area contributed by atoms with Crippen LogP contribution in [0.15, 0.2) is 48.8 Å². The van der Waals surface area contributed by atoms with Gasteiger partial charge in [-0.15, -0.1) is 12.4 Å². The molecule has 3 nitrogen and oxygen atoms in total. The van der Waals surface area contributed by atoms with Gasteiger partial charge in [-0.3, -0.25) is 0 Å². The minimum absolute atomic E-state index is 0. The molecule has 0 unspecified atom stereocenters. The molecule has 0 atom stereocenters. The molecule has 3 aromatic rings. The summed E-state index contributed by atoms with van der Waals surface area (Å²) < 4.78 is 0. The van der Waals surface area contributed by atoms with Crippen molar-refractivity contribution >= 4 is 46.4 Å². The highest BCUT2D eigenvalue weighted by atomic mass is 35.5. The molecule has 0 aliphatic carbocycles. The van der Waals surface area contributed by atoms with Crippen LogP contribution in [-0.4, -0.2) is 9.97 Å². The van der Waals surface area contributed by atoms with Crippen molar-refractivity contribution in [3.05, 3.63) is 59.4 Å². The number of hydrogen-bond acceptors (Lipinski definition) is 3. The molecule has 20 heavy (non-hydrogen) atoms. The molecular weight excluding hydrogens is 293 g/mol. The van der Waals surface area contributed by atoms with Gasteiger partial charge in [-0.2, -0.15) is 0 Å². The third-order valence-corrected chi connectivity index (χ3v) is 3.11. The van der Waals surface area contributed by atoms with E-state index < -0.39 is 0 Å². The Hall–Kier alpha value is -1.84. The molecule has 0 aliphatic heterocycles. The summed E-state index contributed by atoms with van der Waals surface area (Å²) in [5, 5.41) is 4.89. The molecule has 0 saturated carbocycles. The molecule has 1 aromatic heterocycles. The first-order valence-electron chi connectivity index (χ1n) is 5.96. The van der Waals surface area contributed by atoms with Crippen LogP contribution in [0.3, 0.4) is 0 Å². The van der Waals surface area contributed by atoms with Gasteiger partial charge < -0.3 is 5.32 Å². The van der Waals surface area contributed by atoms with Gasteiger partial charge in [0.2, 0.25) is 0 Å². The van der Waals surface area contributed by atoms with Crippen LogP contribution in [0.5, 0.6) is 0 Å². The van der Waals surface area contributed by atoms with Crippen LogP contribution in [-0.2, 0) is 0 Å². The van der Waals surface area contributed by atoms with Crippen LogP contribution >= 0.6 is 24.0 Å². The molecule has 1 N–H and O–H groups in total. The second kappa shape index (κ2) is 6.07. The number of fused-ring (bicyclic) bond motifs is 1. The zero-order valence-corrected chi connectivity index (χ0v) is 12.4. The van der Waals surface area contributed by atoms with Gasteiger partial charge in [-0.25, -0.2) is 9.97 Å². The first kappa shape index (κ1) is 14.6. The summed E-state index contributed by atoms with van der Waals surface area (Å²) in [6.07, 6.45) is 1.55. The van der Waals surface area contributed by atoms with Gasteiger partial charge in [0, 0.05) is 16.1 Å². The minimum atomic E-state index is 0. The predicted molar refractivity (Wildman–Crippen MR) is 86.3 cm³/mol. The Morgan fingerprint density at radius 2 is 1.90 bits per heavy atom. The van der Waals surface area contributed by atoms with Gasteiger partial charge in [-0.05, 0) is 42.8 Å². The van der Waals surface area contributed by atoms with E-state index in [0.717, 1.165) is 22.4 Å². The molecule has 5 heteroatoms. The molecule has 1 heterocycles. The van der Waals surface area contributed by atoms with Gasteiger partial charge in [0.15, 0.2) is 0 Å². The smallest absolute Gasteiger partial charge is 0.141 e. The zero-order valence-electron chi connectivity index (χ0n) is 10.8. The second-order valence-electron chi connectivity index (χ2n) is 4.38. The zero-order chi connectivity index (χ0) is 13.2. The lowest BCUT2D eigenvalue weighted by Crippen LogP contribution is -1.96. The highest BCUT2D eigenvalue weighted by molar-refractivity contribution is 6.31. The molecule has 3 rings (SSSR count). The van der Waals surface area contributed by atoms with Crippen LogP contribution < -0.4 is 5.32 Å². The fourth-order valence-electron chi connectivity index (χ4n) is 1.99. The van der Waals surface area contributed by atoms with Crippen molar-refractivity contribution < 1.29 is 0 Å². The number of aryl methyl sites for hydroxylation is 1. The predicted octanol–water partition coefficient (Wildman–Crippen LogP) is 4.76. The highest BCUT2D eigenvalue weighted by Gasteiger charge is 2.04. The quantitative estimate of drug-likeness (QED) is 0.742. The van der Waals surface area contributed by atoms with Crippen molar-refractivity contribution in [2.24, 2.45) is 0 Å². The average molecular weight is 306 g/mol. The topological polar surface area (TPSA) is 37.8 Å². The third-order valence-electron chi connectivity index (χ3n) is 2.88. The Bertz CT molecular complexity index is 744. The fourth-order valence-corrected chi connectivity index (χ4v) is 2.16. The van der Waals surface area contributed by atoms with Crippen LogP contribution in [0.25, 0.3) is 10.9 Å². The van der Waals surface area contributed by atoms with Gasteiger partial charge in [0.1, 0.15) is 12.1 Å². The molecule has 2 aromatic carbocycles. The molecular formula is C15H13Cl2N3. The fraction of sp³-hybridized carbons (Fsp3) is 0.0667. The van der Waals surface area contributed by atoms with Gasteiger partial charge in [0.05, 0.1) is 5.52 Å². The van der Waals surface area contributed by atoms with E-state index in [4.69, 9.17) is 11.6 Å². The summed E-state index contributed by atoms with van der Waals surface area (Å²) in [6, 6.07) is 13.7. The van der Waals surface area contributed by atoms with Gasteiger partial charge >= 0.3 is 0 Å². The van der Waals surface area contributed by atoms with E-state index in [9.17, 15) is 0 Å². The molecule has 0 aliphatic rings. The summed E-state index contributed by atoms with van der Waals surface area (Å²) in [5.41, 5.74) is 3.07. The average Bonchev–Trinajstić information content (AvgIpc) is 2.39. The van der Waals surface area contributed by atoms with E-state index in [2.05, 4.69) is 34.3 Å². The molecule has 0 bridgehead atoms. The van der Waals surface area contributed by atoms with Gasteiger partial charge in [0.25, 0.3) is 0 Å². The molecule has 0 amide bonds. The van der Waals surface area contributed by atoms with Crippen LogP contribution in [0, 0.1) is 6.92 Å². The number of hydrogen-bond donors (Lipinski definition) is 1. The highest BCUT2D eigenvalue weighted by Crippen LogP contribution is 2.25. The van der Waals surface area contributed by atoms with Gasteiger partial charge in [-0.1, -0.05) is 23.7 Å². The Morgan fingerprint density at radius 3 is 2.70 bits per heavy atom. The lowest BCUT2D eigenvalue weighted by molar-refractivity contribution is 1.22. The van der Waals surface area contributed by atoms with Crippen molar-refractivity contribution in [1.29, 1.82) is 0 Å². The molecule has 0 spiro atoms. The summed E-state index contributed by atoms with van der Waals surface area (Å²) in [7, 11) is 0. The lowest BCUT2D eigenvalue weighted by atomic mass is 10.2. The Morgan fingerprint density at radius 1 is 1.05 bits per heavy atom. The Kier molecular flexibility index (Phi) is 4.42. The SMILES string of the molecule is Cc1cccc(Nc2ncnc3ccc(Cl)cc23)c1.Cl. The molecule has 0 radical (unpaired) electrons. The second-order valence-corrected chi connectivity index (χ2v) is 4.81. The van der Waals surface area contributed by atoms with Crippen LogP contribution in [0.1, 0.15) is 5.56 Å². The maximum absolute atomic E-state index is 6.04. The standard InChI is InChI=1S/C15H12ClN3.ClH/c1-10-3-2-4-12(7-10)19-15-13-8-11(16)5-6-14(13)17-9-18-15;/h2-9H,1H3,(H,17,18,19);1H. The van der Waals surface area contributed by atoms with Crippen LogP contribution in [0.2, 0.25) is 5.02 Å². The monoisotopic (exact) mass is 305 g/mol. The van der Waals surface area contributed by atoms with E-state index in [1.54, 1.807) is 6.33 Å². The van der Waals surface area contributed by atoms with Crippen molar-refractivity contribution in [3.8, 4) is 0 Å². The first-order valence-corrected chi connectivity index (χ1v) is 6.34. The van der Waals surface area contributed by atoms with Crippen LogP contribution in [0.4, 0.5) is 11.5 Å². The Balaban J connectivity index is 0.00000147. The number of nitrogens with zero attached hydrogens (tertiary/aromatic N) is 2. The van der Waals surface area contributed by atoms with E-state index in [0.29, 0.717) is 5.02 Å². The number of benzene rings is 2. The largest absolute Gasteiger partial charge is 0.340 e. The maximum Gasteiger partial charge on any atom is 0.141 e. The summed E-state index contributed by atoms with van der Waals surface area (Å²) >= 11 is 6.04. The number of anilines is 2. The number of halogens is 2. The summed E-state index contributed by atoms with van der Waals surface area (Å²) in [6.45, 7) is 2.06. The summed E-state index contributed by atoms with van der Waals surface area (Å²) in [4.78, 5) is 8.52. The van der Waals surface area contributed by atoms with Crippen molar-refractivity contribution in [2.75, 3.05) is 5.32 Å². The number of nitrogens with one attached hydrogen (secondary N) is 1. The van der Waals surface area contributed by atoms with E-state index in [1.807, 2.05) is 30.3 Å². The minimum Gasteiger partial charge on any atom is -0.340 e. The first-order chi connectivity index (χ1) is 9.22. The van der Waals surface area contributed by atoms with E-state index >= 15 is 0 Å². The molecule has 102 valence electrons. The van der Waals surface area contributed by atoms with Crippen molar-refractivity contribution in [1.82, 2.24) is 9.97 Å². The lowest BCUT2D eigenvalue weighted by Gasteiger charge is -2.09. The molecule has 0 fully saturated rings. The van der Waals surface area contributed by atoms with E-state index in [1.165, 1.54) is 5.56 Å². The maximum atomic E-state index is 6.04. The van der Waals surface area contributed by atoms with E-state index in [-0.39, 0.29) is 12.4 Å². The third kappa shape index (κ3) is 3.00.